The van der Waals surface area contributed by atoms with Gasteiger partial charge in [-0.2, -0.15) is 10.2 Å². The van der Waals surface area contributed by atoms with Gasteiger partial charge < -0.3 is 9.47 Å². The Balaban J connectivity index is 1.70. The standard InChI is InChI=1S/C21H21ClN4O3/c1-3-28-19-10-16(11-23-25-17-12-24-26-21(27)20(17)22)8-9-18(19)29-13-15-6-4-14(2)5-7-15/h4-12H,3,13H2,1-2H3,(H2,25,26,27)/b23-11+. The maximum absolute atomic E-state index is 11.4. The molecule has 0 spiro atoms. The number of nitrogens with one attached hydrogen (secondary N) is 2. The lowest BCUT2D eigenvalue weighted by Crippen LogP contribution is -2.10. The minimum atomic E-state index is -0.486. The Kier molecular flexibility index (Phi) is 6.86. The third-order valence-electron chi connectivity index (χ3n) is 3.98. The summed E-state index contributed by atoms with van der Waals surface area (Å²) in [7, 11) is 0. The SMILES string of the molecule is CCOc1cc(/C=N/Nc2cn[nH]c(=O)c2Cl)ccc1OCc1ccc(C)cc1. The van der Waals surface area contributed by atoms with E-state index in [0.717, 1.165) is 11.1 Å². The van der Waals surface area contributed by atoms with Gasteiger partial charge in [0.25, 0.3) is 5.56 Å². The van der Waals surface area contributed by atoms with Crippen LogP contribution in [-0.2, 0) is 6.61 Å². The number of anilines is 1. The van der Waals surface area contributed by atoms with E-state index >= 15 is 0 Å². The molecule has 0 saturated heterocycles. The third kappa shape index (κ3) is 5.58. The van der Waals surface area contributed by atoms with Crippen LogP contribution in [0.4, 0.5) is 5.69 Å². The van der Waals surface area contributed by atoms with Gasteiger partial charge in [-0.3, -0.25) is 10.2 Å². The predicted octanol–water partition coefficient (Wildman–Crippen LogP) is 4.16. The van der Waals surface area contributed by atoms with Gasteiger partial charge in [-0.05, 0) is 43.2 Å². The van der Waals surface area contributed by atoms with Crippen LogP contribution < -0.4 is 20.5 Å². The van der Waals surface area contributed by atoms with Gasteiger partial charge in [0, 0.05) is 0 Å². The summed E-state index contributed by atoms with van der Waals surface area (Å²) in [5.74, 6) is 1.28. The van der Waals surface area contributed by atoms with Gasteiger partial charge in [-0.25, -0.2) is 5.10 Å². The molecule has 0 fully saturated rings. The van der Waals surface area contributed by atoms with E-state index in [1.165, 1.54) is 11.8 Å². The van der Waals surface area contributed by atoms with Crippen LogP contribution in [0.1, 0.15) is 23.6 Å². The van der Waals surface area contributed by atoms with E-state index in [2.05, 4.69) is 32.9 Å². The van der Waals surface area contributed by atoms with Crippen molar-refractivity contribution in [3.8, 4) is 11.5 Å². The van der Waals surface area contributed by atoms with Crippen LogP contribution >= 0.6 is 11.6 Å². The van der Waals surface area contributed by atoms with E-state index in [0.29, 0.717) is 30.4 Å². The van der Waals surface area contributed by atoms with Crippen LogP contribution in [0.2, 0.25) is 5.02 Å². The number of halogens is 1. The van der Waals surface area contributed by atoms with Gasteiger partial charge in [0.2, 0.25) is 0 Å². The van der Waals surface area contributed by atoms with Gasteiger partial charge in [-0.1, -0.05) is 41.4 Å². The summed E-state index contributed by atoms with van der Waals surface area (Å²) in [5, 5.41) is 10.0. The smallest absolute Gasteiger partial charge is 0.285 e. The Bertz CT molecular complexity index is 1050. The highest BCUT2D eigenvalue weighted by atomic mass is 35.5. The lowest BCUT2D eigenvalue weighted by atomic mass is 10.2. The summed E-state index contributed by atoms with van der Waals surface area (Å²) < 4.78 is 11.6. The number of aryl methyl sites for hydroxylation is 1. The van der Waals surface area contributed by atoms with Crippen molar-refractivity contribution in [1.29, 1.82) is 0 Å². The molecular weight excluding hydrogens is 392 g/mol. The summed E-state index contributed by atoms with van der Waals surface area (Å²) in [4.78, 5) is 11.4. The van der Waals surface area contributed by atoms with E-state index in [-0.39, 0.29) is 5.02 Å². The molecule has 0 bridgehead atoms. The fourth-order valence-corrected chi connectivity index (χ4v) is 2.61. The molecule has 0 aliphatic rings. The highest BCUT2D eigenvalue weighted by Crippen LogP contribution is 2.29. The average molecular weight is 413 g/mol. The van der Waals surface area contributed by atoms with Crippen LogP contribution in [0.15, 0.2) is 58.6 Å². The Morgan fingerprint density at radius 3 is 2.72 bits per heavy atom. The van der Waals surface area contributed by atoms with Crippen molar-refractivity contribution in [3.63, 3.8) is 0 Å². The fourth-order valence-electron chi connectivity index (χ4n) is 2.48. The van der Waals surface area contributed by atoms with E-state index < -0.39 is 5.56 Å². The normalized spacial score (nSPS) is 10.9. The zero-order valence-corrected chi connectivity index (χ0v) is 16.9. The van der Waals surface area contributed by atoms with Crippen LogP contribution in [0.25, 0.3) is 0 Å². The summed E-state index contributed by atoms with van der Waals surface area (Å²) in [6.07, 6.45) is 2.97. The number of nitrogens with zero attached hydrogens (tertiary/aromatic N) is 2. The zero-order valence-electron chi connectivity index (χ0n) is 16.1. The van der Waals surface area contributed by atoms with Gasteiger partial charge in [0.15, 0.2) is 11.5 Å². The summed E-state index contributed by atoms with van der Waals surface area (Å²) in [5.41, 5.74) is 5.61. The Morgan fingerprint density at radius 2 is 1.97 bits per heavy atom. The van der Waals surface area contributed by atoms with Crippen molar-refractivity contribution in [2.24, 2.45) is 5.10 Å². The molecule has 1 heterocycles. The maximum Gasteiger partial charge on any atom is 0.285 e. The topological polar surface area (TPSA) is 88.6 Å². The number of hydrogen-bond acceptors (Lipinski definition) is 6. The Hall–Kier alpha value is -3.32. The number of H-pyrrole nitrogens is 1. The molecule has 29 heavy (non-hydrogen) atoms. The average Bonchev–Trinajstić information content (AvgIpc) is 2.72. The number of benzene rings is 2. The van der Waals surface area contributed by atoms with E-state index in [4.69, 9.17) is 21.1 Å². The molecule has 0 amide bonds. The molecule has 0 aliphatic heterocycles. The minimum Gasteiger partial charge on any atom is -0.490 e. The maximum atomic E-state index is 11.4. The molecule has 3 aromatic rings. The molecule has 2 N–H and O–H groups in total. The molecular formula is C21H21ClN4O3. The van der Waals surface area contributed by atoms with Crippen LogP contribution in [-0.4, -0.2) is 23.0 Å². The van der Waals surface area contributed by atoms with Gasteiger partial charge in [-0.15, -0.1) is 0 Å². The molecule has 0 atom stereocenters. The van der Waals surface area contributed by atoms with Gasteiger partial charge in [0.05, 0.1) is 19.0 Å². The molecule has 3 rings (SSSR count). The first-order valence-corrected chi connectivity index (χ1v) is 9.42. The van der Waals surface area contributed by atoms with Crippen molar-refractivity contribution in [1.82, 2.24) is 10.2 Å². The summed E-state index contributed by atoms with van der Waals surface area (Å²) in [6.45, 7) is 4.92. The van der Waals surface area contributed by atoms with Crippen molar-refractivity contribution < 1.29 is 9.47 Å². The molecule has 2 aromatic carbocycles. The molecule has 0 unspecified atom stereocenters. The predicted molar refractivity (Wildman–Crippen MR) is 114 cm³/mol. The van der Waals surface area contributed by atoms with Crippen molar-refractivity contribution in [2.75, 3.05) is 12.0 Å². The largest absolute Gasteiger partial charge is 0.490 e. The van der Waals surface area contributed by atoms with Crippen molar-refractivity contribution in [2.45, 2.75) is 20.5 Å². The number of hydrogen-bond donors (Lipinski definition) is 2. The fraction of sp³-hybridized carbons (Fsp3) is 0.190. The second-order valence-corrected chi connectivity index (χ2v) is 6.59. The molecule has 1 aromatic heterocycles. The lowest BCUT2D eigenvalue weighted by molar-refractivity contribution is 0.269. The highest BCUT2D eigenvalue weighted by Gasteiger charge is 2.07. The van der Waals surface area contributed by atoms with Crippen molar-refractivity contribution >= 4 is 23.5 Å². The second kappa shape index (κ2) is 9.75. The minimum absolute atomic E-state index is 0.00740. The van der Waals surface area contributed by atoms with Gasteiger partial charge in [0.1, 0.15) is 17.3 Å². The molecule has 7 nitrogen and oxygen atoms in total. The molecule has 0 aliphatic carbocycles. The monoisotopic (exact) mass is 412 g/mol. The highest BCUT2D eigenvalue weighted by molar-refractivity contribution is 6.32. The number of ether oxygens (including phenoxy) is 2. The lowest BCUT2D eigenvalue weighted by Gasteiger charge is -2.13. The van der Waals surface area contributed by atoms with Crippen LogP contribution in [0.5, 0.6) is 11.5 Å². The first-order valence-electron chi connectivity index (χ1n) is 9.04. The zero-order chi connectivity index (χ0) is 20.6. The summed E-state index contributed by atoms with van der Waals surface area (Å²) in [6, 6.07) is 13.7. The quantitative estimate of drug-likeness (QED) is 0.428. The van der Waals surface area contributed by atoms with Crippen molar-refractivity contribution in [3.05, 3.63) is 80.7 Å². The molecule has 8 heteroatoms. The second-order valence-electron chi connectivity index (χ2n) is 6.21. The number of rotatable bonds is 8. The first-order chi connectivity index (χ1) is 14.1. The van der Waals surface area contributed by atoms with Crippen LogP contribution in [0, 0.1) is 6.92 Å². The molecule has 150 valence electrons. The Morgan fingerprint density at radius 1 is 1.17 bits per heavy atom. The van der Waals surface area contributed by atoms with Gasteiger partial charge >= 0.3 is 0 Å². The van der Waals surface area contributed by atoms with E-state index in [1.807, 2.05) is 44.2 Å². The number of aromatic amines is 1. The number of hydrazone groups is 1. The van der Waals surface area contributed by atoms with E-state index in [1.54, 1.807) is 6.21 Å². The summed E-state index contributed by atoms with van der Waals surface area (Å²) >= 11 is 5.90. The third-order valence-corrected chi connectivity index (χ3v) is 4.35. The molecule has 0 saturated carbocycles. The Labute approximate surface area is 173 Å². The van der Waals surface area contributed by atoms with E-state index in [9.17, 15) is 4.79 Å². The van der Waals surface area contributed by atoms with Crippen LogP contribution in [0.3, 0.4) is 0 Å². The molecule has 0 radical (unpaired) electrons. The first kappa shape index (κ1) is 20.4. The number of aromatic nitrogens is 2.